The van der Waals surface area contributed by atoms with Crippen molar-refractivity contribution in [3.63, 3.8) is 0 Å². The molecule has 0 saturated carbocycles. The van der Waals surface area contributed by atoms with Crippen LogP contribution < -0.4 is 4.74 Å². The van der Waals surface area contributed by atoms with Crippen molar-refractivity contribution in [3.8, 4) is 11.8 Å². The van der Waals surface area contributed by atoms with Crippen LogP contribution in [-0.2, 0) is 11.2 Å². The number of hydrogen-bond donors (Lipinski definition) is 0. The Labute approximate surface area is 147 Å². The number of carbonyl (C=O) groups excluding carboxylic acids is 1. The van der Waals surface area contributed by atoms with Crippen LogP contribution in [0, 0.1) is 11.3 Å². The molecule has 1 aliphatic rings. The van der Waals surface area contributed by atoms with Gasteiger partial charge in [-0.3, -0.25) is 4.79 Å². The van der Waals surface area contributed by atoms with E-state index in [2.05, 4.69) is 6.07 Å². The normalized spacial score (nSPS) is 17.0. The van der Waals surface area contributed by atoms with Crippen molar-refractivity contribution < 1.29 is 14.3 Å². The molecule has 0 radical (unpaired) electrons. The molecule has 1 amide bonds. The lowest BCUT2D eigenvalue weighted by molar-refractivity contribution is -0.0208. The third-order valence-corrected chi connectivity index (χ3v) is 4.30. The zero-order valence-electron chi connectivity index (χ0n) is 14.1. The molecule has 5 nitrogen and oxygen atoms in total. The maximum atomic E-state index is 12.8. The molecule has 1 fully saturated rings. The molecule has 2 aromatic carbocycles. The van der Waals surface area contributed by atoms with Crippen LogP contribution in [0.1, 0.15) is 21.5 Å². The second-order valence-electron chi connectivity index (χ2n) is 5.96. The van der Waals surface area contributed by atoms with Crippen LogP contribution in [0.4, 0.5) is 0 Å². The Morgan fingerprint density at radius 2 is 2.16 bits per heavy atom. The van der Waals surface area contributed by atoms with Gasteiger partial charge in [-0.2, -0.15) is 5.26 Å². The quantitative estimate of drug-likeness (QED) is 0.861. The van der Waals surface area contributed by atoms with Gasteiger partial charge < -0.3 is 14.4 Å². The summed E-state index contributed by atoms with van der Waals surface area (Å²) in [5.41, 5.74) is 1.96. The summed E-state index contributed by atoms with van der Waals surface area (Å²) in [5, 5.41) is 9.20. The highest BCUT2D eigenvalue weighted by molar-refractivity contribution is 5.96. The average Bonchev–Trinajstić information content (AvgIpc) is 2.67. The molecule has 1 atom stereocenters. The number of carbonyl (C=O) groups is 1. The van der Waals surface area contributed by atoms with Crippen LogP contribution >= 0.6 is 0 Å². The summed E-state index contributed by atoms with van der Waals surface area (Å²) < 4.78 is 11.1. The minimum Gasteiger partial charge on any atom is -0.497 e. The Balaban J connectivity index is 1.70. The number of methoxy groups -OCH3 is 1. The Morgan fingerprint density at radius 3 is 2.96 bits per heavy atom. The van der Waals surface area contributed by atoms with E-state index >= 15 is 0 Å². The minimum atomic E-state index is -0.115. The zero-order valence-corrected chi connectivity index (χ0v) is 14.1. The van der Waals surface area contributed by atoms with E-state index in [0.29, 0.717) is 37.2 Å². The van der Waals surface area contributed by atoms with Gasteiger partial charge in [0.05, 0.1) is 37.0 Å². The van der Waals surface area contributed by atoms with Crippen molar-refractivity contribution in [2.75, 3.05) is 26.8 Å². The van der Waals surface area contributed by atoms with E-state index in [0.717, 1.165) is 11.3 Å². The van der Waals surface area contributed by atoms with E-state index in [4.69, 9.17) is 9.47 Å². The molecule has 0 aliphatic carbocycles. The topological polar surface area (TPSA) is 62.6 Å². The number of ether oxygens (including phenoxy) is 2. The van der Waals surface area contributed by atoms with E-state index in [1.54, 1.807) is 36.3 Å². The van der Waals surface area contributed by atoms with Crippen molar-refractivity contribution in [2.45, 2.75) is 12.5 Å². The van der Waals surface area contributed by atoms with Crippen LogP contribution in [0.5, 0.6) is 5.75 Å². The van der Waals surface area contributed by atoms with Crippen molar-refractivity contribution >= 4 is 5.91 Å². The van der Waals surface area contributed by atoms with Gasteiger partial charge in [0.2, 0.25) is 0 Å². The Bertz CT molecular complexity index is 798. The average molecular weight is 336 g/mol. The first-order valence-corrected chi connectivity index (χ1v) is 8.24. The smallest absolute Gasteiger partial charge is 0.255 e. The molecule has 5 heteroatoms. The molecule has 1 aliphatic heterocycles. The number of nitrogens with zero attached hydrogens (tertiary/aromatic N) is 2. The summed E-state index contributed by atoms with van der Waals surface area (Å²) in [6.07, 6.45) is 0.639. The summed E-state index contributed by atoms with van der Waals surface area (Å²) in [6.45, 7) is 1.54. The van der Waals surface area contributed by atoms with Gasteiger partial charge in [0, 0.05) is 19.5 Å². The van der Waals surface area contributed by atoms with Crippen molar-refractivity contribution in [2.24, 2.45) is 0 Å². The lowest BCUT2D eigenvalue weighted by atomic mass is 10.0. The third kappa shape index (κ3) is 3.98. The van der Waals surface area contributed by atoms with Gasteiger partial charge in [0.1, 0.15) is 5.75 Å². The van der Waals surface area contributed by atoms with Crippen LogP contribution in [-0.4, -0.2) is 43.7 Å². The maximum absolute atomic E-state index is 12.8. The van der Waals surface area contributed by atoms with E-state index in [-0.39, 0.29) is 12.0 Å². The van der Waals surface area contributed by atoms with Crippen molar-refractivity contribution in [3.05, 3.63) is 65.2 Å². The molecular formula is C20H20N2O3. The Hall–Kier alpha value is -2.84. The van der Waals surface area contributed by atoms with Gasteiger partial charge >= 0.3 is 0 Å². The number of morpholine rings is 1. The van der Waals surface area contributed by atoms with Gasteiger partial charge in [-0.05, 0) is 29.8 Å². The summed E-state index contributed by atoms with van der Waals surface area (Å²) in [4.78, 5) is 14.5. The van der Waals surface area contributed by atoms with Gasteiger partial charge in [-0.1, -0.05) is 24.3 Å². The highest BCUT2D eigenvalue weighted by Gasteiger charge is 2.26. The summed E-state index contributed by atoms with van der Waals surface area (Å²) in [6, 6.07) is 16.9. The fourth-order valence-corrected chi connectivity index (χ4v) is 3.03. The molecule has 2 aromatic rings. The first kappa shape index (κ1) is 17.0. The number of rotatable bonds is 4. The van der Waals surface area contributed by atoms with E-state index in [1.165, 1.54) is 0 Å². The first-order chi connectivity index (χ1) is 12.2. The molecule has 1 saturated heterocycles. The van der Waals surface area contributed by atoms with Gasteiger partial charge in [-0.25, -0.2) is 0 Å². The summed E-state index contributed by atoms with van der Waals surface area (Å²) >= 11 is 0. The minimum absolute atomic E-state index is 0.0703. The molecule has 0 bridgehead atoms. The van der Waals surface area contributed by atoms with Gasteiger partial charge in [-0.15, -0.1) is 0 Å². The SMILES string of the molecule is COc1cccc(C[C@@H]2CN(C(=O)c3ccccc3C#N)CCO2)c1. The molecular weight excluding hydrogens is 316 g/mol. The highest BCUT2D eigenvalue weighted by Crippen LogP contribution is 2.19. The maximum Gasteiger partial charge on any atom is 0.255 e. The van der Waals surface area contributed by atoms with Crippen molar-refractivity contribution in [1.82, 2.24) is 4.90 Å². The van der Waals surface area contributed by atoms with Crippen LogP contribution in [0.2, 0.25) is 0 Å². The number of benzene rings is 2. The summed E-state index contributed by atoms with van der Waals surface area (Å²) in [5.74, 6) is 0.695. The predicted octanol–water partition coefficient (Wildman–Crippen LogP) is 2.65. The van der Waals surface area contributed by atoms with Crippen molar-refractivity contribution in [1.29, 1.82) is 5.26 Å². The molecule has 1 heterocycles. The first-order valence-electron chi connectivity index (χ1n) is 8.24. The Morgan fingerprint density at radius 1 is 1.32 bits per heavy atom. The number of amides is 1. The molecule has 25 heavy (non-hydrogen) atoms. The van der Waals surface area contributed by atoms with Crippen LogP contribution in [0.25, 0.3) is 0 Å². The molecule has 0 aromatic heterocycles. The molecule has 0 N–H and O–H groups in total. The highest BCUT2D eigenvalue weighted by atomic mass is 16.5. The van der Waals surface area contributed by atoms with Gasteiger partial charge in [0.15, 0.2) is 0 Å². The lowest BCUT2D eigenvalue weighted by Crippen LogP contribution is -2.46. The van der Waals surface area contributed by atoms with Crippen LogP contribution in [0.15, 0.2) is 48.5 Å². The van der Waals surface area contributed by atoms with E-state index < -0.39 is 0 Å². The molecule has 3 rings (SSSR count). The number of nitriles is 1. The second-order valence-corrected chi connectivity index (χ2v) is 5.96. The molecule has 0 spiro atoms. The second kappa shape index (κ2) is 7.82. The van der Waals surface area contributed by atoms with Gasteiger partial charge in [0.25, 0.3) is 5.91 Å². The van der Waals surface area contributed by atoms with Crippen LogP contribution in [0.3, 0.4) is 0 Å². The standard InChI is InChI=1S/C20H20N2O3/c1-24-17-7-4-5-15(11-17)12-18-14-22(9-10-25-18)20(23)19-8-3-2-6-16(19)13-21/h2-8,11,18H,9-10,12,14H2,1H3/t18-/m1/s1. The lowest BCUT2D eigenvalue weighted by Gasteiger charge is -2.33. The third-order valence-electron chi connectivity index (χ3n) is 4.30. The fourth-order valence-electron chi connectivity index (χ4n) is 3.03. The predicted molar refractivity (Wildman–Crippen MR) is 93.5 cm³/mol. The largest absolute Gasteiger partial charge is 0.497 e. The zero-order chi connectivity index (χ0) is 17.6. The number of hydrogen-bond acceptors (Lipinski definition) is 4. The molecule has 0 unspecified atom stereocenters. The van der Waals surface area contributed by atoms with E-state index in [1.807, 2.05) is 24.3 Å². The summed E-state index contributed by atoms with van der Waals surface area (Å²) in [7, 11) is 1.64. The Kier molecular flexibility index (Phi) is 5.32. The molecule has 128 valence electrons. The van der Waals surface area contributed by atoms with E-state index in [9.17, 15) is 10.1 Å². The monoisotopic (exact) mass is 336 g/mol. The fraction of sp³-hybridized carbons (Fsp3) is 0.300.